The Hall–Kier alpha value is -2.93. The van der Waals surface area contributed by atoms with Crippen molar-refractivity contribution in [3.8, 4) is 5.75 Å². The van der Waals surface area contributed by atoms with E-state index in [2.05, 4.69) is 28.4 Å². The summed E-state index contributed by atoms with van der Waals surface area (Å²) in [6, 6.07) is 9.72. The average Bonchev–Trinajstić information content (AvgIpc) is 3.27. The number of carbonyl (C=O) groups excluding carboxylic acids is 1. The largest absolute Gasteiger partial charge is 0.487 e. The maximum atomic E-state index is 12.3. The number of aromatic nitrogens is 3. The van der Waals surface area contributed by atoms with Crippen LogP contribution >= 0.6 is 11.3 Å². The van der Waals surface area contributed by atoms with Crippen LogP contribution in [0.15, 0.2) is 41.8 Å². The highest BCUT2D eigenvalue weighted by molar-refractivity contribution is 7.09. The Kier molecular flexibility index (Phi) is 7.41. The first-order valence-corrected chi connectivity index (χ1v) is 10.9. The molecular formula is C23H28N4O2S. The van der Waals surface area contributed by atoms with Gasteiger partial charge in [0.1, 0.15) is 12.4 Å². The number of amides is 1. The molecule has 3 rings (SSSR count). The number of ether oxygens (including phenoxy) is 1. The SMILES string of the molecule is Cc1cc(C)n(CC(C)CNC(=O)/C=C/c2ccccc2OCc2csc(C)n2)n1. The van der Waals surface area contributed by atoms with Gasteiger partial charge < -0.3 is 10.1 Å². The smallest absolute Gasteiger partial charge is 0.244 e. The van der Waals surface area contributed by atoms with Gasteiger partial charge in [-0.3, -0.25) is 9.48 Å². The lowest BCUT2D eigenvalue weighted by atomic mass is 10.1. The van der Waals surface area contributed by atoms with Crippen LogP contribution in [0, 0.1) is 26.7 Å². The van der Waals surface area contributed by atoms with E-state index in [-0.39, 0.29) is 11.8 Å². The summed E-state index contributed by atoms with van der Waals surface area (Å²) in [6.07, 6.45) is 3.33. The van der Waals surface area contributed by atoms with Gasteiger partial charge in [0.2, 0.25) is 5.91 Å². The number of nitrogens with zero attached hydrogens (tertiary/aromatic N) is 3. The third-order valence-corrected chi connectivity index (χ3v) is 5.41. The van der Waals surface area contributed by atoms with Crippen LogP contribution in [0.1, 0.15) is 34.6 Å². The molecule has 0 saturated carbocycles. The van der Waals surface area contributed by atoms with Gasteiger partial charge in [0.25, 0.3) is 0 Å². The molecule has 0 bridgehead atoms. The zero-order chi connectivity index (χ0) is 21.5. The predicted molar refractivity (Wildman–Crippen MR) is 121 cm³/mol. The number of thiazole rings is 1. The number of rotatable bonds is 9. The molecule has 158 valence electrons. The summed E-state index contributed by atoms with van der Waals surface area (Å²) in [5.41, 5.74) is 3.91. The Morgan fingerprint density at radius 1 is 1.30 bits per heavy atom. The van der Waals surface area contributed by atoms with E-state index in [0.717, 1.165) is 39.9 Å². The molecule has 1 atom stereocenters. The van der Waals surface area contributed by atoms with Crippen molar-refractivity contribution >= 4 is 23.3 Å². The van der Waals surface area contributed by atoms with Crippen molar-refractivity contribution in [1.82, 2.24) is 20.1 Å². The molecule has 30 heavy (non-hydrogen) atoms. The molecule has 2 aromatic heterocycles. The zero-order valence-electron chi connectivity index (χ0n) is 17.9. The van der Waals surface area contributed by atoms with E-state index in [1.54, 1.807) is 23.5 Å². The van der Waals surface area contributed by atoms with Crippen molar-refractivity contribution < 1.29 is 9.53 Å². The van der Waals surface area contributed by atoms with Crippen LogP contribution in [0.2, 0.25) is 0 Å². The molecule has 0 spiro atoms. The number of nitrogens with one attached hydrogen (secondary N) is 1. The second kappa shape index (κ2) is 10.2. The number of carbonyl (C=O) groups is 1. The first-order chi connectivity index (χ1) is 14.4. The number of hydrogen-bond donors (Lipinski definition) is 1. The molecule has 1 amide bonds. The van der Waals surface area contributed by atoms with Crippen molar-refractivity contribution in [2.45, 2.75) is 40.8 Å². The third kappa shape index (κ3) is 6.29. The van der Waals surface area contributed by atoms with Crippen LogP contribution in [0.4, 0.5) is 0 Å². The minimum absolute atomic E-state index is 0.125. The standard InChI is InChI=1S/C23H28N4O2S/c1-16(13-27-18(3)11-17(2)26-27)12-24-23(28)10-9-20-7-5-6-8-22(20)29-14-21-15-30-19(4)25-21/h5-11,15-16H,12-14H2,1-4H3,(H,24,28)/b10-9+. The van der Waals surface area contributed by atoms with E-state index in [0.29, 0.717) is 13.2 Å². The molecule has 0 fully saturated rings. The molecule has 1 aromatic carbocycles. The van der Waals surface area contributed by atoms with E-state index in [9.17, 15) is 4.79 Å². The molecule has 6 nitrogen and oxygen atoms in total. The number of aryl methyl sites for hydroxylation is 3. The van der Waals surface area contributed by atoms with E-state index in [1.807, 2.05) is 55.1 Å². The van der Waals surface area contributed by atoms with Gasteiger partial charge in [0, 0.05) is 35.8 Å². The summed E-state index contributed by atoms with van der Waals surface area (Å²) < 4.78 is 7.88. The third-order valence-electron chi connectivity index (χ3n) is 4.59. The summed E-state index contributed by atoms with van der Waals surface area (Å²) in [7, 11) is 0. The van der Waals surface area contributed by atoms with Crippen LogP contribution in [0.5, 0.6) is 5.75 Å². The highest BCUT2D eigenvalue weighted by Gasteiger charge is 2.08. The second-order valence-electron chi connectivity index (χ2n) is 7.48. The van der Waals surface area contributed by atoms with Crippen LogP contribution in [-0.2, 0) is 17.9 Å². The Bertz CT molecular complexity index is 1020. The van der Waals surface area contributed by atoms with Crippen molar-refractivity contribution in [1.29, 1.82) is 0 Å². The molecule has 1 unspecified atom stereocenters. The van der Waals surface area contributed by atoms with Crippen LogP contribution in [0.3, 0.4) is 0 Å². The highest BCUT2D eigenvalue weighted by Crippen LogP contribution is 2.21. The monoisotopic (exact) mass is 424 g/mol. The molecule has 0 radical (unpaired) electrons. The Morgan fingerprint density at radius 3 is 2.80 bits per heavy atom. The van der Waals surface area contributed by atoms with Gasteiger partial charge in [-0.2, -0.15) is 5.10 Å². The van der Waals surface area contributed by atoms with Crippen LogP contribution < -0.4 is 10.1 Å². The van der Waals surface area contributed by atoms with Gasteiger partial charge in [0.05, 0.1) is 16.4 Å². The molecule has 0 aliphatic heterocycles. The lowest BCUT2D eigenvalue weighted by Gasteiger charge is -2.13. The van der Waals surface area contributed by atoms with E-state index < -0.39 is 0 Å². The molecule has 3 aromatic rings. The molecular weight excluding hydrogens is 396 g/mol. The highest BCUT2D eigenvalue weighted by atomic mass is 32.1. The average molecular weight is 425 g/mol. The Balaban J connectivity index is 1.51. The molecule has 0 aliphatic carbocycles. The molecule has 2 heterocycles. The maximum Gasteiger partial charge on any atom is 0.244 e. The topological polar surface area (TPSA) is 69.0 Å². The second-order valence-corrected chi connectivity index (χ2v) is 8.54. The number of hydrogen-bond acceptors (Lipinski definition) is 5. The van der Waals surface area contributed by atoms with Gasteiger partial charge in [-0.25, -0.2) is 4.98 Å². The number of para-hydroxylation sites is 1. The van der Waals surface area contributed by atoms with Gasteiger partial charge in [0.15, 0.2) is 0 Å². The van der Waals surface area contributed by atoms with Crippen molar-refractivity contribution in [2.75, 3.05) is 6.54 Å². The van der Waals surface area contributed by atoms with Gasteiger partial charge in [-0.15, -0.1) is 11.3 Å². The summed E-state index contributed by atoms with van der Waals surface area (Å²) in [6.45, 7) is 9.87. The molecule has 7 heteroatoms. The van der Waals surface area contributed by atoms with Crippen LogP contribution in [-0.4, -0.2) is 27.2 Å². The van der Waals surface area contributed by atoms with Crippen molar-refractivity contribution in [3.05, 3.63) is 69.4 Å². The fourth-order valence-corrected chi connectivity index (χ4v) is 3.69. The van der Waals surface area contributed by atoms with Gasteiger partial charge in [-0.05, 0) is 44.9 Å². The fraction of sp³-hybridized carbons (Fsp3) is 0.348. The minimum atomic E-state index is -0.125. The van der Waals surface area contributed by atoms with Gasteiger partial charge >= 0.3 is 0 Å². The minimum Gasteiger partial charge on any atom is -0.487 e. The van der Waals surface area contributed by atoms with E-state index in [1.165, 1.54) is 0 Å². The summed E-state index contributed by atoms with van der Waals surface area (Å²) in [4.78, 5) is 16.7. The number of benzene rings is 1. The lowest BCUT2D eigenvalue weighted by Crippen LogP contribution is -2.29. The molecule has 0 aliphatic rings. The first-order valence-electron chi connectivity index (χ1n) is 10.0. The first kappa shape index (κ1) is 21.8. The van der Waals surface area contributed by atoms with Crippen molar-refractivity contribution in [3.63, 3.8) is 0 Å². The lowest BCUT2D eigenvalue weighted by molar-refractivity contribution is -0.116. The quantitative estimate of drug-likeness (QED) is 0.520. The maximum absolute atomic E-state index is 12.3. The zero-order valence-corrected chi connectivity index (χ0v) is 18.7. The Morgan fingerprint density at radius 2 is 2.10 bits per heavy atom. The van der Waals surface area contributed by atoms with E-state index >= 15 is 0 Å². The van der Waals surface area contributed by atoms with Crippen molar-refractivity contribution in [2.24, 2.45) is 5.92 Å². The summed E-state index contributed by atoms with van der Waals surface area (Å²) >= 11 is 1.60. The van der Waals surface area contributed by atoms with Gasteiger partial charge in [-0.1, -0.05) is 25.1 Å². The normalized spacial score (nSPS) is 12.3. The Labute approximate surface area is 181 Å². The molecule has 1 N–H and O–H groups in total. The fourth-order valence-electron chi connectivity index (χ4n) is 3.09. The predicted octanol–water partition coefficient (Wildman–Crippen LogP) is 4.31. The molecule has 0 saturated heterocycles. The summed E-state index contributed by atoms with van der Waals surface area (Å²) in [5, 5.41) is 10.5. The van der Waals surface area contributed by atoms with E-state index in [4.69, 9.17) is 4.74 Å². The summed E-state index contributed by atoms with van der Waals surface area (Å²) in [5.74, 6) is 0.878. The van der Waals surface area contributed by atoms with Crippen LogP contribution in [0.25, 0.3) is 6.08 Å².